The van der Waals surface area contributed by atoms with Gasteiger partial charge in [0.05, 0.1) is 5.02 Å². The predicted octanol–water partition coefficient (Wildman–Crippen LogP) is 1.71. The lowest BCUT2D eigenvalue weighted by Gasteiger charge is -2.07. The Balaban J connectivity index is 2.40. The maximum absolute atomic E-state index is 13.1. The van der Waals surface area contributed by atoms with Gasteiger partial charge in [-0.2, -0.15) is 5.10 Å². The predicted molar refractivity (Wildman–Crippen MR) is 72.4 cm³/mol. The molecule has 1 aromatic carbocycles. The van der Waals surface area contributed by atoms with Crippen LogP contribution in [0.3, 0.4) is 0 Å². The Bertz CT molecular complexity index is 819. The number of aromatic nitrogens is 2. The Morgan fingerprint density at radius 2 is 2.10 bits per heavy atom. The van der Waals surface area contributed by atoms with Crippen LogP contribution < -0.4 is 4.72 Å². The minimum Gasteiger partial charge on any atom is -0.477 e. The number of carbonyl (C=O) groups is 1. The first-order valence-electron chi connectivity index (χ1n) is 5.46. The van der Waals surface area contributed by atoms with E-state index in [0.717, 1.165) is 28.9 Å². The molecule has 1 heterocycles. The molecule has 0 amide bonds. The Kier molecular flexibility index (Phi) is 3.88. The largest absolute Gasteiger partial charge is 0.477 e. The minimum atomic E-state index is -4.19. The number of benzene rings is 1. The van der Waals surface area contributed by atoms with E-state index in [1.807, 2.05) is 4.72 Å². The number of carboxylic acid groups (broad SMARTS) is 1. The summed E-state index contributed by atoms with van der Waals surface area (Å²) < 4.78 is 40.4. The van der Waals surface area contributed by atoms with Crippen molar-refractivity contribution in [3.05, 3.63) is 40.8 Å². The highest BCUT2D eigenvalue weighted by atomic mass is 35.5. The summed E-state index contributed by atoms with van der Waals surface area (Å²) in [6.45, 7) is 0. The van der Waals surface area contributed by atoms with Crippen LogP contribution in [0.1, 0.15) is 10.5 Å². The Morgan fingerprint density at radius 1 is 1.43 bits per heavy atom. The summed E-state index contributed by atoms with van der Waals surface area (Å²) in [4.78, 5) is 10.4. The lowest BCUT2D eigenvalue weighted by Crippen LogP contribution is -2.14. The molecular weight excluding hydrogens is 325 g/mol. The molecule has 0 saturated heterocycles. The first kappa shape index (κ1) is 15.3. The van der Waals surface area contributed by atoms with Crippen LogP contribution in [0.2, 0.25) is 5.02 Å². The zero-order valence-corrected chi connectivity index (χ0v) is 12.1. The summed E-state index contributed by atoms with van der Waals surface area (Å²) in [6, 6.07) is 3.91. The van der Waals surface area contributed by atoms with E-state index >= 15 is 0 Å². The van der Waals surface area contributed by atoms with Crippen LogP contribution in [0.25, 0.3) is 0 Å². The minimum absolute atomic E-state index is 0.168. The molecule has 0 radical (unpaired) electrons. The van der Waals surface area contributed by atoms with Crippen molar-refractivity contribution in [3.8, 4) is 0 Å². The Hall–Kier alpha value is -2.13. The summed E-state index contributed by atoms with van der Waals surface area (Å²) in [5, 5.41) is 12.4. The number of rotatable bonds is 4. The first-order chi connectivity index (χ1) is 9.70. The molecule has 1 aromatic heterocycles. The van der Waals surface area contributed by atoms with Gasteiger partial charge in [-0.1, -0.05) is 11.6 Å². The highest BCUT2D eigenvalue weighted by molar-refractivity contribution is 7.92. The maximum atomic E-state index is 13.1. The summed E-state index contributed by atoms with van der Waals surface area (Å²) in [6.07, 6.45) is 0. The summed E-state index contributed by atoms with van der Waals surface area (Å²) in [5.41, 5.74) is -0.210. The summed E-state index contributed by atoms with van der Waals surface area (Å²) in [7, 11) is -2.84. The molecule has 10 heteroatoms. The number of nitrogens with zero attached hydrogens (tertiary/aromatic N) is 2. The van der Waals surface area contributed by atoms with Crippen LogP contribution in [0.15, 0.2) is 29.2 Å². The maximum Gasteiger partial charge on any atom is 0.354 e. The molecule has 0 bridgehead atoms. The fourth-order valence-electron chi connectivity index (χ4n) is 1.59. The zero-order chi connectivity index (χ0) is 15.8. The molecule has 2 N–H and O–H groups in total. The molecule has 0 spiro atoms. The van der Waals surface area contributed by atoms with Gasteiger partial charge in [0, 0.05) is 13.1 Å². The van der Waals surface area contributed by atoms with Crippen molar-refractivity contribution < 1.29 is 22.7 Å². The molecule has 0 unspecified atom stereocenters. The van der Waals surface area contributed by atoms with Gasteiger partial charge >= 0.3 is 5.97 Å². The second kappa shape index (κ2) is 5.34. The van der Waals surface area contributed by atoms with Crippen LogP contribution in [0.4, 0.5) is 10.2 Å². The van der Waals surface area contributed by atoms with Crippen molar-refractivity contribution in [2.45, 2.75) is 4.90 Å². The summed E-state index contributed by atoms with van der Waals surface area (Å²) in [5.74, 6) is -2.25. The molecule has 7 nitrogen and oxygen atoms in total. The van der Waals surface area contributed by atoms with Crippen LogP contribution in [-0.2, 0) is 17.1 Å². The second-order valence-corrected chi connectivity index (χ2v) is 6.08. The van der Waals surface area contributed by atoms with E-state index in [0.29, 0.717) is 0 Å². The van der Waals surface area contributed by atoms with Crippen molar-refractivity contribution in [1.82, 2.24) is 9.78 Å². The van der Waals surface area contributed by atoms with Crippen LogP contribution in [0.5, 0.6) is 0 Å². The molecule has 0 aliphatic carbocycles. The van der Waals surface area contributed by atoms with E-state index in [1.165, 1.54) is 7.05 Å². The number of nitrogens with one attached hydrogen (secondary N) is 1. The van der Waals surface area contributed by atoms with E-state index < -0.39 is 26.7 Å². The van der Waals surface area contributed by atoms with E-state index in [9.17, 15) is 17.6 Å². The van der Waals surface area contributed by atoms with E-state index in [-0.39, 0.29) is 16.5 Å². The van der Waals surface area contributed by atoms with Crippen molar-refractivity contribution in [2.75, 3.05) is 4.72 Å². The Morgan fingerprint density at radius 3 is 2.67 bits per heavy atom. The third kappa shape index (κ3) is 3.14. The molecule has 0 saturated carbocycles. The van der Waals surface area contributed by atoms with Gasteiger partial charge in [-0.3, -0.25) is 9.40 Å². The Labute approximate surface area is 124 Å². The van der Waals surface area contributed by atoms with Crippen molar-refractivity contribution in [1.29, 1.82) is 0 Å². The third-order valence-corrected chi connectivity index (χ3v) is 4.36. The molecule has 21 heavy (non-hydrogen) atoms. The average molecular weight is 334 g/mol. The number of hydrogen-bond acceptors (Lipinski definition) is 4. The van der Waals surface area contributed by atoms with Crippen LogP contribution in [-0.4, -0.2) is 29.3 Å². The van der Waals surface area contributed by atoms with Gasteiger partial charge in [0.2, 0.25) is 0 Å². The van der Waals surface area contributed by atoms with Gasteiger partial charge in [-0.05, 0) is 18.2 Å². The van der Waals surface area contributed by atoms with Crippen molar-refractivity contribution in [3.63, 3.8) is 0 Å². The number of sulfonamides is 1. The lowest BCUT2D eigenvalue weighted by molar-refractivity contribution is 0.0685. The number of halogens is 2. The monoisotopic (exact) mass is 333 g/mol. The smallest absolute Gasteiger partial charge is 0.354 e. The number of hydrogen-bond donors (Lipinski definition) is 2. The first-order valence-corrected chi connectivity index (χ1v) is 7.32. The normalized spacial score (nSPS) is 11.4. The van der Waals surface area contributed by atoms with E-state index in [1.54, 1.807) is 0 Å². The molecular formula is C11H9ClFN3O4S. The van der Waals surface area contributed by atoms with Gasteiger partial charge < -0.3 is 5.11 Å². The fourth-order valence-corrected chi connectivity index (χ4v) is 3.09. The van der Waals surface area contributed by atoms with E-state index in [2.05, 4.69) is 5.10 Å². The van der Waals surface area contributed by atoms with Gasteiger partial charge in [0.15, 0.2) is 5.82 Å². The second-order valence-electron chi connectivity index (χ2n) is 4.02. The van der Waals surface area contributed by atoms with Crippen LogP contribution in [0, 0.1) is 5.82 Å². The molecule has 2 aromatic rings. The number of anilines is 1. The van der Waals surface area contributed by atoms with Gasteiger partial charge in [0.25, 0.3) is 10.0 Å². The zero-order valence-electron chi connectivity index (χ0n) is 10.5. The highest BCUT2D eigenvalue weighted by Crippen LogP contribution is 2.24. The standard InChI is InChI=1S/C11H9ClFN3O4S/c1-16-8(11(17)18)5-10(14-16)15-21(19,20)9-4-6(13)2-3-7(9)12/h2-5H,1H3,(H,14,15)(H,17,18). The third-order valence-electron chi connectivity index (χ3n) is 2.52. The van der Waals surface area contributed by atoms with Gasteiger partial charge in [-0.25, -0.2) is 17.6 Å². The molecule has 2 rings (SSSR count). The SMILES string of the molecule is Cn1nc(NS(=O)(=O)c2cc(F)ccc2Cl)cc1C(=O)O. The molecule has 0 atom stereocenters. The molecule has 0 aliphatic heterocycles. The topological polar surface area (TPSA) is 101 Å². The van der Waals surface area contributed by atoms with Crippen LogP contribution >= 0.6 is 11.6 Å². The number of aryl methyl sites for hydroxylation is 1. The molecule has 0 aliphatic rings. The summed E-state index contributed by atoms with van der Waals surface area (Å²) >= 11 is 5.73. The van der Waals surface area contributed by atoms with Crippen molar-refractivity contribution in [2.24, 2.45) is 7.05 Å². The fraction of sp³-hybridized carbons (Fsp3) is 0.0909. The number of aromatic carboxylic acids is 1. The van der Waals surface area contributed by atoms with Crippen molar-refractivity contribution >= 4 is 33.4 Å². The van der Waals surface area contributed by atoms with Gasteiger partial charge in [0.1, 0.15) is 16.4 Å². The van der Waals surface area contributed by atoms with E-state index in [4.69, 9.17) is 16.7 Å². The van der Waals surface area contributed by atoms with Gasteiger partial charge in [-0.15, -0.1) is 0 Å². The quantitative estimate of drug-likeness (QED) is 0.887. The average Bonchev–Trinajstić information content (AvgIpc) is 2.72. The molecule has 112 valence electrons. The number of carboxylic acids is 1. The lowest BCUT2D eigenvalue weighted by atomic mass is 10.3. The molecule has 0 fully saturated rings. The highest BCUT2D eigenvalue weighted by Gasteiger charge is 2.21.